The molecule has 5 aliphatic rings. The third-order valence-electron chi connectivity index (χ3n) is 12.0. The van der Waals surface area contributed by atoms with Crippen molar-refractivity contribution in [2.75, 3.05) is 64.9 Å². The summed E-state index contributed by atoms with van der Waals surface area (Å²) in [5, 5.41) is 2.25. The molecule has 278 valence electrons. The highest BCUT2D eigenvalue weighted by atomic mass is 16.5. The van der Waals surface area contributed by atoms with E-state index in [0.29, 0.717) is 17.0 Å². The zero-order valence-electron chi connectivity index (χ0n) is 30.8. The second-order valence-corrected chi connectivity index (χ2v) is 15.6. The molecule has 0 aliphatic carbocycles. The van der Waals surface area contributed by atoms with E-state index < -0.39 is 23.8 Å². The average molecular weight is 723 g/mol. The van der Waals surface area contributed by atoms with E-state index >= 15 is 0 Å². The SMILES string of the molecule is COc1cc(-c2cn(C)c(=O)cc2C)cc(OC)c1CN1CC(CN2CCC3(CC2)CN(c2ccc4c(c2)C(=O)N(C2CCC(=O)NC2=O)C4=O)C3)C1. The van der Waals surface area contributed by atoms with Crippen molar-refractivity contribution in [1.82, 2.24) is 24.6 Å². The summed E-state index contributed by atoms with van der Waals surface area (Å²) in [6.07, 6.45) is 4.36. The summed E-state index contributed by atoms with van der Waals surface area (Å²) < 4.78 is 13.3. The van der Waals surface area contributed by atoms with Gasteiger partial charge in [0.1, 0.15) is 17.5 Å². The van der Waals surface area contributed by atoms with Gasteiger partial charge in [0.25, 0.3) is 17.4 Å². The molecule has 0 radical (unpaired) electrons. The largest absolute Gasteiger partial charge is 0.496 e. The molecular weight excluding hydrogens is 676 g/mol. The fourth-order valence-corrected chi connectivity index (χ4v) is 8.96. The van der Waals surface area contributed by atoms with E-state index in [2.05, 4.69) is 20.0 Å². The minimum absolute atomic E-state index is 0.0392. The molecule has 0 saturated carbocycles. The number of nitrogens with zero attached hydrogens (tertiary/aromatic N) is 5. The predicted molar refractivity (Wildman–Crippen MR) is 197 cm³/mol. The molecule has 1 atom stereocenters. The summed E-state index contributed by atoms with van der Waals surface area (Å²) in [4.78, 5) is 70.9. The van der Waals surface area contributed by atoms with Crippen LogP contribution in [-0.2, 0) is 23.2 Å². The molecule has 13 heteroatoms. The van der Waals surface area contributed by atoms with Crippen molar-refractivity contribution < 1.29 is 28.7 Å². The van der Waals surface area contributed by atoms with Crippen LogP contribution in [0.25, 0.3) is 11.1 Å². The Morgan fingerprint density at radius 2 is 1.53 bits per heavy atom. The summed E-state index contributed by atoms with van der Waals surface area (Å²) in [5.41, 5.74) is 5.63. The summed E-state index contributed by atoms with van der Waals surface area (Å²) in [5.74, 6) is 0.241. The Hall–Kier alpha value is -5.01. The van der Waals surface area contributed by atoms with Crippen molar-refractivity contribution in [2.45, 2.75) is 45.2 Å². The van der Waals surface area contributed by atoms with Gasteiger partial charge in [-0.25, -0.2) is 0 Å². The van der Waals surface area contributed by atoms with E-state index in [1.165, 1.54) is 0 Å². The monoisotopic (exact) mass is 722 g/mol. The number of piperidine rings is 2. The van der Waals surface area contributed by atoms with E-state index in [1.807, 2.05) is 31.3 Å². The van der Waals surface area contributed by atoms with Crippen molar-refractivity contribution in [3.8, 4) is 22.6 Å². The zero-order chi connectivity index (χ0) is 37.2. The number of imide groups is 2. The lowest BCUT2D eigenvalue weighted by Gasteiger charge is -2.55. The van der Waals surface area contributed by atoms with Gasteiger partial charge in [0, 0.05) is 81.7 Å². The number of rotatable bonds is 9. The van der Waals surface area contributed by atoms with Crippen LogP contribution in [0, 0.1) is 18.3 Å². The Morgan fingerprint density at radius 1 is 0.849 bits per heavy atom. The number of hydrogen-bond acceptors (Lipinski definition) is 10. The molecule has 2 aromatic carbocycles. The number of ether oxygens (including phenoxy) is 2. The topological polar surface area (TPSA) is 134 Å². The van der Waals surface area contributed by atoms with E-state index in [0.717, 1.165) is 110 Å². The lowest BCUT2D eigenvalue weighted by molar-refractivity contribution is -0.136. The maximum absolute atomic E-state index is 13.3. The minimum atomic E-state index is -0.960. The fourth-order valence-electron chi connectivity index (χ4n) is 8.96. The molecule has 1 N–H and O–H groups in total. The number of aromatic nitrogens is 1. The number of amides is 4. The standard InChI is InChI=1S/C40H46N6O7/c1-24-13-36(48)42(2)20-30(24)26-14-33(52-3)31(34(15-26)53-4)21-44-18-25(19-44)17-43-11-9-40(10-12-43)22-45(23-40)27-5-6-28-29(16-27)39(51)46(38(28)50)32-7-8-35(47)41-37(32)49/h5-6,13-16,20,25,32H,7-12,17-19,21-23H2,1-4H3,(H,41,47,49). The molecule has 1 unspecified atom stereocenters. The van der Waals surface area contributed by atoms with Crippen LogP contribution in [0.2, 0.25) is 0 Å². The Kier molecular flexibility index (Phi) is 8.89. The summed E-state index contributed by atoms with van der Waals surface area (Å²) in [6, 6.07) is 10.2. The Balaban J connectivity index is 0.825. The average Bonchev–Trinajstić information content (AvgIpc) is 3.36. The maximum atomic E-state index is 13.3. The second kappa shape index (κ2) is 13.4. The van der Waals surface area contributed by atoms with Gasteiger partial charge in [0.2, 0.25) is 11.8 Å². The zero-order valence-corrected chi connectivity index (χ0v) is 30.8. The molecule has 13 nitrogen and oxygen atoms in total. The van der Waals surface area contributed by atoms with Crippen molar-refractivity contribution in [1.29, 1.82) is 0 Å². The van der Waals surface area contributed by atoms with E-state index in [-0.39, 0.29) is 29.7 Å². The minimum Gasteiger partial charge on any atom is -0.496 e. The Labute approximate surface area is 308 Å². The highest BCUT2D eigenvalue weighted by Gasteiger charge is 2.48. The molecule has 1 spiro atoms. The summed E-state index contributed by atoms with van der Waals surface area (Å²) in [7, 11) is 5.13. The van der Waals surface area contributed by atoms with Crippen molar-refractivity contribution in [3.05, 3.63) is 75.2 Å². The van der Waals surface area contributed by atoms with Crippen molar-refractivity contribution in [3.63, 3.8) is 0 Å². The Morgan fingerprint density at radius 3 is 2.19 bits per heavy atom. The van der Waals surface area contributed by atoms with E-state index in [1.54, 1.807) is 44.0 Å². The van der Waals surface area contributed by atoms with Crippen LogP contribution in [0.3, 0.4) is 0 Å². The molecule has 5 aliphatic heterocycles. The van der Waals surface area contributed by atoms with Gasteiger partial charge < -0.3 is 23.8 Å². The molecule has 8 rings (SSSR count). The highest BCUT2D eigenvalue weighted by Crippen LogP contribution is 2.44. The van der Waals surface area contributed by atoms with Crippen LogP contribution in [-0.4, -0.2) is 109 Å². The normalized spacial score (nSPS) is 21.8. The molecule has 4 fully saturated rings. The number of carbonyl (C=O) groups excluding carboxylic acids is 4. The number of methoxy groups -OCH3 is 2. The number of pyridine rings is 1. The number of anilines is 1. The first-order valence-corrected chi connectivity index (χ1v) is 18.4. The number of nitrogens with one attached hydrogen (secondary N) is 1. The van der Waals surface area contributed by atoms with Gasteiger partial charge in [-0.15, -0.1) is 0 Å². The number of aryl methyl sites for hydroxylation is 2. The van der Waals surface area contributed by atoms with Crippen molar-refractivity contribution >= 4 is 29.3 Å². The van der Waals surface area contributed by atoms with Gasteiger partial charge in [0.05, 0.1) is 30.9 Å². The first-order chi connectivity index (χ1) is 25.5. The molecule has 4 saturated heterocycles. The van der Waals surface area contributed by atoms with Crippen LogP contribution in [0.5, 0.6) is 11.5 Å². The first kappa shape index (κ1) is 35.0. The van der Waals surface area contributed by atoms with Gasteiger partial charge in [-0.1, -0.05) is 0 Å². The number of carbonyl (C=O) groups is 4. The predicted octanol–water partition coefficient (Wildman–Crippen LogP) is 2.81. The van der Waals surface area contributed by atoms with Gasteiger partial charge in [-0.05, 0) is 86.7 Å². The van der Waals surface area contributed by atoms with Gasteiger partial charge in [0.15, 0.2) is 0 Å². The Bertz CT molecular complexity index is 2050. The van der Waals surface area contributed by atoms with Crippen LogP contribution in [0.15, 0.2) is 47.4 Å². The highest BCUT2D eigenvalue weighted by molar-refractivity contribution is 6.23. The van der Waals surface area contributed by atoms with Crippen LogP contribution in [0.1, 0.15) is 57.5 Å². The van der Waals surface area contributed by atoms with Crippen molar-refractivity contribution in [2.24, 2.45) is 18.4 Å². The lowest BCUT2D eigenvalue weighted by Crippen LogP contribution is -2.61. The molecule has 1 aromatic heterocycles. The first-order valence-electron chi connectivity index (χ1n) is 18.4. The maximum Gasteiger partial charge on any atom is 0.262 e. The number of hydrogen-bond donors (Lipinski definition) is 1. The summed E-state index contributed by atoms with van der Waals surface area (Å²) in [6.45, 7) is 9.77. The van der Waals surface area contributed by atoms with Crippen LogP contribution in [0.4, 0.5) is 5.69 Å². The van der Waals surface area contributed by atoms with Crippen LogP contribution >= 0.6 is 0 Å². The van der Waals surface area contributed by atoms with E-state index in [9.17, 15) is 24.0 Å². The van der Waals surface area contributed by atoms with Gasteiger partial charge in [-0.3, -0.25) is 39.1 Å². The molecule has 6 heterocycles. The quantitative estimate of drug-likeness (QED) is 0.329. The third kappa shape index (κ3) is 6.29. The van der Waals surface area contributed by atoms with Gasteiger partial charge in [-0.2, -0.15) is 0 Å². The molecular formula is C40H46N6O7. The molecule has 4 amide bonds. The fraction of sp³-hybridized carbons (Fsp3) is 0.475. The van der Waals surface area contributed by atoms with Gasteiger partial charge >= 0.3 is 0 Å². The number of benzene rings is 2. The van der Waals surface area contributed by atoms with E-state index in [4.69, 9.17) is 9.47 Å². The lowest BCUT2D eigenvalue weighted by atomic mass is 9.71. The molecule has 53 heavy (non-hydrogen) atoms. The van der Waals surface area contributed by atoms with Crippen LogP contribution < -0.4 is 25.2 Å². The smallest absolute Gasteiger partial charge is 0.262 e. The second-order valence-electron chi connectivity index (χ2n) is 15.6. The molecule has 0 bridgehead atoms. The summed E-state index contributed by atoms with van der Waals surface area (Å²) >= 11 is 0. The number of fused-ring (bicyclic) bond motifs is 1. The number of likely N-dealkylation sites (tertiary alicyclic amines) is 2. The molecule has 3 aromatic rings. The third-order valence-corrected chi connectivity index (χ3v) is 12.0.